The number of hydrogen-bond acceptors (Lipinski definition) is 3. The SMILES string of the molecule is CN(Cc1cc(F)ccc1N)CC(C)(C)O. The van der Waals surface area contributed by atoms with Gasteiger partial charge in [0.15, 0.2) is 0 Å². The summed E-state index contributed by atoms with van der Waals surface area (Å²) in [5, 5.41) is 9.64. The van der Waals surface area contributed by atoms with Crippen LogP contribution in [0.2, 0.25) is 0 Å². The van der Waals surface area contributed by atoms with Crippen molar-refractivity contribution in [2.75, 3.05) is 19.3 Å². The Hall–Kier alpha value is -1.13. The average Bonchev–Trinajstić information content (AvgIpc) is 2.08. The summed E-state index contributed by atoms with van der Waals surface area (Å²) < 4.78 is 13.0. The summed E-state index contributed by atoms with van der Waals surface area (Å²) in [6.07, 6.45) is 0. The summed E-state index contributed by atoms with van der Waals surface area (Å²) in [4.78, 5) is 1.91. The number of rotatable bonds is 4. The molecule has 0 saturated heterocycles. The van der Waals surface area contributed by atoms with Crippen molar-refractivity contribution in [1.29, 1.82) is 0 Å². The van der Waals surface area contributed by atoms with Crippen molar-refractivity contribution in [2.24, 2.45) is 0 Å². The predicted octanol–water partition coefficient (Wildman–Crippen LogP) is 1.61. The Morgan fingerprint density at radius 1 is 1.44 bits per heavy atom. The smallest absolute Gasteiger partial charge is 0.123 e. The van der Waals surface area contributed by atoms with Crippen LogP contribution in [-0.4, -0.2) is 29.2 Å². The molecule has 0 saturated carbocycles. The number of anilines is 1. The Kier molecular flexibility index (Phi) is 3.88. The molecule has 0 aliphatic heterocycles. The van der Waals surface area contributed by atoms with Crippen molar-refractivity contribution in [2.45, 2.75) is 26.0 Å². The highest BCUT2D eigenvalue weighted by molar-refractivity contribution is 5.46. The molecule has 0 aliphatic carbocycles. The number of aliphatic hydroxyl groups is 1. The minimum atomic E-state index is -0.767. The Balaban J connectivity index is 2.69. The van der Waals surface area contributed by atoms with Crippen molar-refractivity contribution < 1.29 is 9.50 Å². The molecule has 1 rings (SSSR count). The molecular formula is C12H19FN2O. The van der Waals surface area contributed by atoms with E-state index in [4.69, 9.17) is 5.73 Å². The molecule has 3 N–H and O–H groups in total. The number of halogens is 1. The number of likely N-dealkylation sites (N-methyl/N-ethyl adjacent to an activating group) is 1. The first kappa shape index (κ1) is 12.9. The molecule has 1 aromatic rings. The lowest BCUT2D eigenvalue weighted by atomic mass is 10.1. The fourth-order valence-electron chi connectivity index (χ4n) is 1.72. The summed E-state index contributed by atoms with van der Waals surface area (Å²) in [5.74, 6) is -0.291. The zero-order valence-corrected chi connectivity index (χ0v) is 10.00. The topological polar surface area (TPSA) is 49.5 Å². The minimum absolute atomic E-state index is 0.291. The largest absolute Gasteiger partial charge is 0.398 e. The average molecular weight is 226 g/mol. The molecule has 0 fully saturated rings. The molecule has 90 valence electrons. The van der Waals surface area contributed by atoms with Gasteiger partial charge in [-0.3, -0.25) is 4.90 Å². The molecule has 0 heterocycles. The second-order valence-corrected chi connectivity index (χ2v) is 4.83. The van der Waals surface area contributed by atoms with E-state index in [9.17, 15) is 9.50 Å². The van der Waals surface area contributed by atoms with Gasteiger partial charge in [0.2, 0.25) is 0 Å². The number of nitrogens with two attached hydrogens (primary N) is 1. The van der Waals surface area contributed by atoms with Crippen molar-refractivity contribution in [1.82, 2.24) is 4.90 Å². The minimum Gasteiger partial charge on any atom is -0.398 e. The van der Waals surface area contributed by atoms with Crippen LogP contribution in [0.25, 0.3) is 0 Å². The highest BCUT2D eigenvalue weighted by atomic mass is 19.1. The third-order valence-electron chi connectivity index (χ3n) is 2.20. The lowest BCUT2D eigenvalue weighted by Gasteiger charge is -2.25. The van der Waals surface area contributed by atoms with Crippen LogP contribution in [0.4, 0.5) is 10.1 Å². The van der Waals surface area contributed by atoms with Crippen LogP contribution in [0.3, 0.4) is 0 Å². The number of benzene rings is 1. The lowest BCUT2D eigenvalue weighted by molar-refractivity contribution is 0.0425. The maximum absolute atomic E-state index is 13.0. The number of nitrogens with zero attached hydrogens (tertiary/aromatic N) is 1. The van der Waals surface area contributed by atoms with Gasteiger partial charge in [-0.1, -0.05) is 0 Å². The normalized spacial score (nSPS) is 12.1. The molecule has 0 amide bonds. The molecule has 0 spiro atoms. The lowest BCUT2D eigenvalue weighted by Crippen LogP contribution is -2.35. The maximum Gasteiger partial charge on any atom is 0.123 e. The summed E-state index contributed by atoms with van der Waals surface area (Å²) in [6, 6.07) is 4.33. The van der Waals surface area contributed by atoms with Crippen molar-refractivity contribution in [3.63, 3.8) is 0 Å². The van der Waals surface area contributed by atoms with Crippen molar-refractivity contribution in [3.05, 3.63) is 29.6 Å². The second-order valence-electron chi connectivity index (χ2n) is 4.83. The first-order valence-corrected chi connectivity index (χ1v) is 5.23. The Labute approximate surface area is 95.7 Å². The quantitative estimate of drug-likeness (QED) is 0.767. The van der Waals surface area contributed by atoms with Crippen LogP contribution in [0.15, 0.2) is 18.2 Å². The Morgan fingerprint density at radius 3 is 2.62 bits per heavy atom. The van der Waals surface area contributed by atoms with E-state index >= 15 is 0 Å². The van der Waals surface area contributed by atoms with E-state index in [1.54, 1.807) is 19.9 Å². The first-order chi connectivity index (χ1) is 7.28. The molecule has 0 radical (unpaired) electrons. The third-order valence-corrected chi connectivity index (χ3v) is 2.20. The van der Waals surface area contributed by atoms with Gasteiger partial charge < -0.3 is 10.8 Å². The standard InChI is InChI=1S/C12H19FN2O/c1-12(2,16)8-15(3)7-9-6-10(13)4-5-11(9)14/h4-6,16H,7-8,14H2,1-3H3. The molecule has 4 heteroatoms. The van der Waals surface area contributed by atoms with Gasteiger partial charge >= 0.3 is 0 Å². The third kappa shape index (κ3) is 4.16. The molecule has 0 bridgehead atoms. The Bertz CT molecular complexity index is 361. The van der Waals surface area contributed by atoms with E-state index in [1.807, 2.05) is 11.9 Å². The fraction of sp³-hybridized carbons (Fsp3) is 0.500. The van der Waals surface area contributed by atoms with Gasteiger partial charge in [-0.15, -0.1) is 0 Å². The number of nitrogen functional groups attached to an aromatic ring is 1. The zero-order chi connectivity index (χ0) is 12.3. The van der Waals surface area contributed by atoms with E-state index in [1.165, 1.54) is 12.1 Å². The summed E-state index contributed by atoms with van der Waals surface area (Å²) in [6.45, 7) is 4.49. The van der Waals surface area contributed by atoms with Crippen LogP contribution in [0.1, 0.15) is 19.4 Å². The van der Waals surface area contributed by atoms with Crippen molar-refractivity contribution in [3.8, 4) is 0 Å². The van der Waals surface area contributed by atoms with Gasteiger partial charge in [0, 0.05) is 18.8 Å². The van der Waals surface area contributed by atoms with E-state index in [2.05, 4.69) is 0 Å². The summed E-state index contributed by atoms with van der Waals surface area (Å²) >= 11 is 0. The molecule has 0 atom stereocenters. The van der Waals surface area contributed by atoms with E-state index < -0.39 is 5.60 Å². The first-order valence-electron chi connectivity index (χ1n) is 5.23. The van der Waals surface area contributed by atoms with E-state index in [0.29, 0.717) is 18.8 Å². The van der Waals surface area contributed by atoms with Crippen LogP contribution >= 0.6 is 0 Å². The second kappa shape index (κ2) is 4.80. The molecule has 0 unspecified atom stereocenters. The van der Waals surface area contributed by atoms with E-state index in [0.717, 1.165) is 5.56 Å². The van der Waals surface area contributed by atoms with Gasteiger partial charge in [-0.05, 0) is 44.7 Å². The Morgan fingerprint density at radius 2 is 2.06 bits per heavy atom. The van der Waals surface area contributed by atoms with Gasteiger partial charge in [0.25, 0.3) is 0 Å². The number of hydrogen-bond donors (Lipinski definition) is 2. The zero-order valence-electron chi connectivity index (χ0n) is 10.00. The van der Waals surface area contributed by atoms with Gasteiger partial charge in [0.1, 0.15) is 5.82 Å². The highest BCUT2D eigenvalue weighted by Crippen LogP contribution is 2.16. The maximum atomic E-state index is 13.0. The molecular weight excluding hydrogens is 207 g/mol. The predicted molar refractivity (Wildman–Crippen MR) is 63.4 cm³/mol. The molecule has 0 aromatic heterocycles. The molecule has 3 nitrogen and oxygen atoms in total. The molecule has 0 aliphatic rings. The van der Waals surface area contributed by atoms with Crippen molar-refractivity contribution >= 4 is 5.69 Å². The van der Waals surface area contributed by atoms with Gasteiger partial charge in [-0.25, -0.2) is 4.39 Å². The van der Waals surface area contributed by atoms with Gasteiger partial charge in [0.05, 0.1) is 5.60 Å². The highest BCUT2D eigenvalue weighted by Gasteiger charge is 2.16. The van der Waals surface area contributed by atoms with Crippen LogP contribution < -0.4 is 5.73 Å². The monoisotopic (exact) mass is 226 g/mol. The molecule has 16 heavy (non-hydrogen) atoms. The van der Waals surface area contributed by atoms with Crippen LogP contribution in [0, 0.1) is 5.82 Å². The van der Waals surface area contributed by atoms with Crippen LogP contribution in [-0.2, 0) is 6.54 Å². The van der Waals surface area contributed by atoms with E-state index in [-0.39, 0.29) is 5.82 Å². The van der Waals surface area contributed by atoms with Gasteiger partial charge in [-0.2, -0.15) is 0 Å². The summed E-state index contributed by atoms with van der Waals surface area (Å²) in [5.41, 5.74) is 6.29. The van der Waals surface area contributed by atoms with Crippen LogP contribution in [0.5, 0.6) is 0 Å². The fourth-order valence-corrected chi connectivity index (χ4v) is 1.72. The molecule has 1 aromatic carbocycles. The summed E-state index contributed by atoms with van der Waals surface area (Å²) in [7, 11) is 1.86.